The van der Waals surface area contributed by atoms with Crippen LogP contribution >= 0.6 is 11.8 Å². The van der Waals surface area contributed by atoms with Gasteiger partial charge in [-0.15, -0.1) is 11.8 Å². The average molecular weight is 366 g/mol. The molecule has 0 unspecified atom stereocenters. The van der Waals surface area contributed by atoms with E-state index in [0.717, 1.165) is 10.5 Å². The van der Waals surface area contributed by atoms with Crippen LogP contribution < -0.4 is 0 Å². The maximum absolute atomic E-state index is 12.8. The van der Waals surface area contributed by atoms with Crippen LogP contribution in [0.1, 0.15) is 11.1 Å². The first-order valence-corrected chi connectivity index (χ1v) is 9.77. The summed E-state index contributed by atoms with van der Waals surface area (Å²) in [5, 5.41) is 11.0. The Morgan fingerprint density at radius 2 is 1.79 bits per heavy atom. The number of sulfonamides is 1. The Kier molecular flexibility index (Phi) is 5.63. The zero-order valence-electron chi connectivity index (χ0n) is 13.6. The van der Waals surface area contributed by atoms with Crippen LogP contribution in [0.3, 0.4) is 0 Å². The molecule has 0 aromatic heterocycles. The first kappa shape index (κ1) is 18.4. The minimum Gasteiger partial charge on any atom is -0.258 e. The third-order valence-electron chi connectivity index (χ3n) is 3.70. The third kappa shape index (κ3) is 3.77. The summed E-state index contributed by atoms with van der Waals surface area (Å²) in [6, 6.07) is 11.7. The monoisotopic (exact) mass is 366 g/mol. The fourth-order valence-corrected chi connectivity index (χ4v) is 4.13. The molecule has 0 atom stereocenters. The molecule has 0 saturated heterocycles. The van der Waals surface area contributed by atoms with Crippen molar-refractivity contribution in [1.29, 1.82) is 0 Å². The second-order valence-electron chi connectivity index (χ2n) is 5.27. The maximum Gasteiger partial charge on any atom is 0.273 e. The predicted molar refractivity (Wildman–Crippen MR) is 94.7 cm³/mol. The Morgan fingerprint density at radius 1 is 1.17 bits per heavy atom. The molecule has 2 aromatic rings. The van der Waals surface area contributed by atoms with Crippen LogP contribution in [-0.4, -0.2) is 30.9 Å². The van der Waals surface area contributed by atoms with E-state index in [9.17, 15) is 18.5 Å². The molecule has 0 aliphatic carbocycles. The summed E-state index contributed by atoms with van der Waals surface area (Å²) >= 11 is 1.61. The van der Waals surface area contributed by atoms with Gasteiger partial charge in [0.1, 0.15) is 0 Å². The molecule has 2 rings (SSSR count). The molecule has 0 amide bonds. The fourth-order valence-electron chi connectivity index (χ4n) is 2.32. The Morgan fingerprint density at radius 3 is 2.33 bits per heavy atom. The molecule has 0 radical (unpaired) electrons. The zero-order valence-corrected chi connectivity index (χ0v) is 15.2. The normalized spacial score (nSPS) is 11.7. The van der Waals surface area contributed by atoms with E-state index >= 15 is 0 Å². The Hall–Kier alpha value is -1.90. The number of hydrogen-bond donors (Lipinski definition) is 0. The van der Waals surface area contributed by atoms with E-state index in [-0.39, 0.29) is 22.7 Å². The summed E-state index contributed by atoms with van der Waals surface area (Å²) in [5.74, 6) is 0. The van der Waals surface area contributed by atoms with Crippen LogP contribution in [0, 0.1) is 17.0 Å². The molecule has 8 heteroatoms. The summed E-state index contributed by atoms with van der Waals surface area (Å²) in [6.45, 7) is 1.64. The Bertz CT molecular complexity index is 849. The Labute approximate surface area is 145 Å². The van der Waals surface area contributed by atoms with Gasteiger partial charge in [-0.1, -0.05) is 18.2 Å². The molecule has 0 aliphatic rings. The van der Waals surface area contributed by atoms with E-state index in [1.807, 2.05) is 30.5 Å². The molecule has 0 saturated carbocycles. The molecule has 0 heterocycles. The first-order chi connectivity index (χ1) is 11.3. The van der Waals surface area contributed by atoms with Crippen LogP contribution in [0.2, 0.25) is 0 Å². The van der Waals surface area contributed by atoms with Crippen molar-refractivity contribution in [2.45, 2.75) is 23.3 Å². The highest BCUT2D eigenvalue weighted by molar-refractivity contribution is 7.98. The molecule has 0 spiro atoms. The van der Waals surface area contributed by atoms with Crippen molar-refractivity contribution in [3.63, 3.8) is 0 Å². The quantitative estimate of drug-likeness (QED) is 0.444. The topological polar surface area (TPSA) is 80.5 Å². The molecule has 24 heavy (non-hydrogen) atoms. The van der Waals surface area contributed by atoms with Gasteiger partial charge in [-0.05, 0) is 36.9 Å². The van der Waals surface area contributed by atoms with Gasteiger partial charge in [0.05, 0.1) is 9.82 Å². The summed E-state index contributed by atoms with van der Waals surface area (Å²) in [6.07, 6.45) is 1.97. The summed E-state index contributed by atoms with van der Waals surface area (Å²) in [7, 11) is -2.35. The maximum atomic E-state index is 12.8. The number of nitrogens with zero attached hydrogens (tertiary/aromatic N) is 2. The molecule has 2 aromatic carbocycles. The lowest BCUT2D eigenvalue weighted by atomic mass is 10.2. The number of rotatable bonds is 6. The van der Waals surface area contributed by atoms with Gasteiger partial charge in [0, 0.05) is 30.1 Å². The number of benzene rings is 2. The van der Waals surface area contributed by atoms with Crippen LogP contribution in [-0.2, 0) is 16.6 Å². The predicted octanol–water partition coefficient (Wildman–Crippen LogP) is 3.45. The largest absolute Gasteiger partial charge is 0.273 e. The number of hydrogen-bond acceptors (Lipinski definition) is 5. The van der Waals surface area contributed by atoms with Crippen molar-refractivity contribution in [3.05, 3.63) is 63.7 Å². The van der Waals surface area contributed by atoms with Crippen molar-refractivity contribution in [3.8, 4) is 0 Å². The lowest BCUT2D eigenvalue weighted by Crippen LogP contribution is -2.27. The number of nitro benzene ring substituents is 1. The summed E-state index contributed by atoms with van der Waals surface area (Å²) in [5.41, 5.74) is 0.794. The highest BCUT2D eigenvalue weighted by atomic mass is 32.2. The molecular weight excluding hydrogens is 348 g/mol. The van der Waals surface area contributed by atoms with Crippen LogP contribution in [0.15, 0.2) is 52.3 Å². The van der Waals surface area contributed by atoms with Crippen molar-refractivity contribution < 1.29 is 13.3 Å². The number of thioether (sulfide) groups is 1. The molecule has 128 valence electrons. The minimum absolute atomic E-state index is 0.0417. The van der Waals surface area contributed by atoms with E-state index in [0.29, 0.717) is 0 Å². The van der Waals surface area contributed by atoms with Gasteiger partial charge in [0.2, 0.25) is 10.0 Å². The van der Waals surface area contributed by atoms with E-state index in [2.05, 4.69) is 0 Å². The summed E-state index contributed by atoms with van der Waals surface area (Å²) in [4.78, 5) is 11.5. The Balaban J connectivity index is 2.32. The van der Waals surface area contributed by atoms with E-state index in [4.69, 9.17) is 0 Å². The van der Waals surface area contributed by atoms with Gasteiger partial charge in [-0.25, -0.2) is 8.42 Å². The standard InChI is InChI=1S/C16H18N2O4S2/c1-12-15(18(19)20)5-4-6-16(12)24(21,22)17(2)11-13-7-9-14(23-3)10-8-13/h4-10H,11H2,1-3H3. The minimum atomic E-state index is -3.82. The van der Waals surface area contributed by atoms with Crippen LogP contribution in [0.25, 0.3) is 0 Å². The molecule has 0 aliphatic heterocycles. The molecule has 0 bridgehead atoms. The number of nitro groups is 1. The lowest BCUT2D eigenvalue weighted by molar-refractivity contribution is -0.385. The van der Waals surface area contributed by atoms with Gasteiger partial charge in [-0.2, -0.15) is 4.31 Å². The van der Waals surface area contributed by atoms with Crippen LogP contribution in [0.4, 0.5) is 5.69 Å². The lowest BCUT2D eigenvalue weighted by Gasteiger charge is -2.18. The van der Waals surface area contributed by atoms with E-state index in [1.165, 1.54) is 36.5 Å². The van der Waals surface area contributed by atoms with E-state index in [1.54, 1.807) is 11.8 Å². The van der Waals surface area contributed by atoms with Crippen molar-refractivity contribution in [2.24, 2.45) is 0 Å². The van der Waals surface area contributed by atoms with Gasteiger partial charge in [0.15, 0.2) is 0 Å². The molecule has 0 fully saturated rings. The van der Waals surface area contributed by atoms with Gasteiger partial charge < -0.3 is 0 Å². The first-order valence-electron chi connectivity index (χ1n) is 7.10. The van der Waals surface area contributed by atoms with Crippen LogP contribution in [0.5, 0.6) is 0 Å². The zero-order chi connectivity index (χ0) is 17.9. The van der Waals surface area contributed by atoms with Crippen molar-refractivity contribution >= 4 is 27.5 Å². The smallest absolute Gasteiger partial charge is 0.258 e. The van der Waals surface area contributed by atoms with Crippen molar-refractivity contribution in [2.75, 3.05) is 13.3 Å². The average Bonchev–Trinajstić information content (AvgIpc) is 2.55. The molecule has 6 nitrogen and oxygen atoms in total. The SMILES string of the molecule is CSc1ccc(CN(C)S(=O)(=O)c2cccc([N+](=O)[O-])c2C)cc1. The van der Waals surface area contributed by atoms with Gasteiger partial charge in [-0.3, -0.25) is 10.1 Å². The van der Waals surface area contributed by atoms with Gasteiger partial charge in [0.25, 0.3) is 5.69 Å². The molecular formula is C16H18N2O4S2. The van der Waals surface area contributed by atoms with Crippen molar-refractivity contribution in [1.82, 2.24) is 4.31 Å². The highest BCUT2D eigenvalue weighted by Crippen LogP contribution is 2.27. The van der Waals surface area contributed by atoms with Gasteiger partial charge >= 0.3 is 0 Å². The second kappa shape index (κ2) is 7.33. The molecule has 0 N–H and O–H groups in total. The highest BCUT2D eigenvalue weighted by Gasteiger charge is 2.26. The summed E-state index contributed by atoms with van der Waals surface area (Å²) < 4.78 is 26.7. The fraction of sp³-hybridized carbons (Fsp3) is 0.250. The third-order valence-corrected chi connectivity index (χ3v) is 6.40. The second-order valence-corrected chi connectivity index (χ2v) is 8.16. The van der Waals surface area contributed by atoms with E-state index < -0.39 is 14.9 Å².